The standard InChI is InChI=1S/C66H34N8/c1-70-60-18-10-8-16-52(60)43-23-30-65-58(34-43)56-32-41(50-14-6-4-12-45(50)38-67)21-28-63(56)73(65)48-25-20-47(40-69)54(36-48)55-37-49(26-27-62(55)72-3)74-64-29-22-42(51-15-7-5-13-46(51)39-68)33-57(64)59-35-44(24-31-66(59)74)53-17-9-11-19-61(53)71-2/h4-37H. The minimum absolute atomic E-state index is 0.378. The second-order valence-corrected chi connectivity index (χ2v) is 17.8. The van der Waals surface area contributed by atoms with E-state index >= 15 is 0 Å². The summed E-state index contributed by atoms with van der Waals surface area (Å²) in [5, 5.41) is 34.7. The molecule has 0 saturated carbocycles. The number of hydrogen-bond donors (Lipinski definition) is 0. The van der Waals surface area contributed by atoms with Crippen molar-refractivity contribution in [3.63, 3.8) is 0 Å². The van der Waals surface area contributed by atoms with E-state index in [0.29, 0.717) is 44.9 Å². The van der Waals surface area contributed by atoms with E-state index in [2.05, 4.69) is 90.4 Å². The zero-order valence-corrected chi connectivity index (χ0v) is 39.2. The number of nitriles is 3. The van der Waals surface area contributed by atoms with E-state index in [4.69, 9.17) is 19.7 Å². The Kier molecular flexibility index (Phi) is 10.7. The molecule has 2 aromatic heterocycles. The van der Waals surface area contributed by atoms with E-state index < -0.39 is 0 Å². The van der Waals surface area contributed by atoms with Gasteiger partial charge in [0, 0.05) is 32.9 Å². The number of aromatic nitrogens is 2. The highest BCUT2D eigenvalue weighted by Gasteiger charge is 2.22. The number of nitrogens with zero attached hydrogens (tertiary/aromatic N) is 8. The van der Waals surface area contributed by atoms with Crippen molar-refractivity contribution in [2.75, 3.05) is 0 Å². The highest BCUT2D eigenvalue weighted by atomic mass is 15.0. The highest BCUT2D eigenvalue weighted by molar-refractivity contribution is 6.13. The lowest BCUT2D eigenvalue weighted by Gasteiger charge is -2.15. The molecule has 0 aliphatic carbocycles. The van der Waals surface area contributed by atoms with E-state index in [0.717, 1.165) is 99.5 Å². The summed E-state index contributed by atoms with van der Waals surface area (Å²) >= 11 is 0. The van der Waals surface area contributed by atoms with Crippen LogP contribution in [0, 0.1) is 53.7 Å². The molecule has 0 N–H and O–H groups in total. The first-order valence-corrected chi connectivity index (χ1v) is 23.6. The Hall–Kier alpha value is -11.3. The van der Waals surface area contributed by atoms with E-state index in [9.17, 15) is 15.8 Å². The summed E-state index contributed by atoms with van der Waals surface area (Å²) in [6.45, 7) is 24.3. The molecule has 10 aromatic carbocycles. The van der Waals surface area contributed by atoms with Crippen LogP contribution in [0.1, 0.15) is 16.7 Å². The fraction of sp³-hybridized carbons (Fsp3) is 0. The third kappa shape index (κ3) is 7.10. The molecule has 12 aromatic rings. The van der Waals surface area contributed by atoms with Crippen LogP contribution >= 0.6 is 0 Å². The number of fused-ring (bicyclic) bond motifs is 6. The monoisotopic (exact) mass is 938 g/mol. The first kappa shape index (κ1) is 44.0. The second-order valence-electron chi connectivity index (χ2n) is 17.8. The molecule has 0 unspecified atom stereocenters. The van der Waals surface area contributed by atoms with Crippen molar-refractivity contribution in [3.05, 3.63) is 257 Å². The molecule has 0 fully saturated rings. The summed E-state index contributed by atoms with van der Waals surface area (Å²) in [4.78, 5) is 11.7. The van der Waals surface area contributed by atoms with Gasteiger partial charge >= 0.3 is 0 Å². The average Bonchev–Trinajstić information content (AvgIpc) is 3.98. The number of rotatable bonds is 7. The minimum atomic E-state index is 0.378. The number of benzene rings is 10. The van der Waals surface area contributed by atoms with Gasteiger partial charge in [-0.2, -0.15) is 15.8 Å². The lowest BCUT2D eigenvalue weighted by atomic mass is 9.97. The van der Waals surface area contributed by atoms with Gasteiger partial charge in [-0.05, 0) is 147 Å². The average molecular weight is 939 g/mol. The third-order valence-electron chi connectivity index (χ3n) is 13.9. The van der Waals surface area contributed by atoms with Crippen molar-refractivity contribution >= 4 is 60.7 Å². The Labute approximate surface area is 426 Å². The van der Waals surface area contributed by atoms with Gasteiger partial charge in [-0.15, -0.1) is 0 Å². The van der Waals surface area contributed by atoms with Gasteiger partial charge in [-0.3, -0.25) is 0 Å². The van der Waals surface area contributed by atoms with Crippen LogP contribution in [0.3, 0.4) is 0 Å². The molecule has 0 atom stereocenters. The van der Waals surface area contributed by atoms with Crippen LogP contribution in [0.2, 0.25) is 0 Å². The summed E-state index contributed by atoms with van der Waals surface area (Å²) in [6.07, 6.45) is 0. The Balaban J connectivity index is 1.07. The lowest BCUT2D eigenvalue weighted by Crippen LogP contribution is -1.98. The van der Waals surface area contributed by atoms with Gasteiger partial charge in [0.1, 0.15) is 0 Å². The first-order chi connectivity index (χ1) is 36.4. The fourth-order valence-electron chi connectivity index (χ4n) is 10.5. The van der Waals surface area contributed by atoms with Crippen LogP contribution in [0.25, 0.3) is 125 Å². The molecule has 74 heavy (non-hydrogen) atoms. The molecule has 0 amide bonds. The quantitative estimate of drug-likeness (QED) is 0.149. The summed E-state index contributed by atoms with van der Waals surface area (Å²) in [6, 6.07) is 73.7. The largest absolute Gasteiger partial charge is 0.309 e. The summed E-state index contributed by atoms with van der Waals surface area (Å²) in [7, 11) is 0. The lowest BCUT2D eigenvalue weighted by molar-refractivity contribution is 1.17. The summed E-state index contributed by atoms with van der Waals surface area (Å²) < 4.78 is 4.33. The topological polar surface area (TPSA) is 94.3 Å². The van der Waals surface area contributed by atoms with Gasteiger partial charge in [-0.25, -0.2) is 14.5 Å². The van der Waals surface area contributed by atoms with Crippen molar-refractivity contribution in [1.82, 2.24) is 9.13 Å². The van der Waals surface area contributed by atoms with Crippen LogP contribution < -0.4 is 0 Å². The van der Waals surface area contributed by atoms with Crippen LogP contribution in [-0.4, -0.2) is 9.13 Å². The van der Waals surface area contributed by atoms with Crippen molar-refractivity contribution in [3.8, 4) is 85.2 Å². The molecule has 0 bridgehead atoms. The molecule has 0 aliphatic rings. The second kappa shape index (κ2) is 17.9. The number of hydrogen-bond acceptors (Lipinski definition) is 3. The maximum absolute atomic E-state index is 10.8. The van der Waals surface area contributed by atoms with E-state index in [-0.39, 0.29) is 0 Å². The van der Waals surface area contributed by atoms with Crippen LogP contribution in [0.4, 0.5) is 17.1 Å². The van der Waals surface area contributed by atoms with E-state index in [1.807, 2.05) is 158 Å². The van der Waals surface area contributed by atoms with Crippen molar-refractivity contribution in [2.24, 2.45) is 0 Å². The Bertz CT molecular complexity index is 4110. The van der Waals surface area contributed by atoms with Crippen LogP contribution in [0.5, 0.6) is 0 Å². The highest BCUT2D eigenvalue weighted by Crippen LogP contribution is 2.44. The predicted octanol–water partition coefficient (Wildman–Crippen LogP) is 17.5. The molecule has 338 valence electrons. The minimum Gasteiger partial charge on any atom is -0.309 e. The van der Waals surface area contributed by atoms with Gasteiger partial charge in [0.25, 0.3) is 0 Å². The van der Waals surface area contributed by atoms with Gasteiger partial charge in [0.15, 0.2) is 17.1 Å². The molecular formula is C66H34N8. The summed E-state index contributed by atoms with van der Waals surface area (Å²) in [5.41, 5.74) is 16.1. The van der Waals surface area contributed by atoms with Crippen molar-refractivity contribution < 1.29 is 0 Å². The third-order valence-corrected chi connectivity index (χ3v) is 13.9. The van der Waals surface area contributed by atoms with Crippen molar-refractivity contribution in [2.45, 2.75) is 0 Å². The van der Waals surface area contributed by atoms with Crippen LogP contribution in [-0.2, 0) is 0 Å². The molecule has 8 heteroatoms. The normalized spacial score (nSPS) is 10.9. The molecule has 8 nitrogen and oxygen atoms in total. The fourth-order valence-corrected chi connectivity index (χ4v) is 10.5. The Morgan fingerprint density at radius 2 is 0.622 bits per heavy atom. The Morgan fingerprint density at radius 1 is 0.297 bits per heavy atom. The predicted molar refractivity (Wildman–Crippen MR) is 295 cm³/mol. The zero-order valence-electron chi connectivity index (χ0n) is 39.2. The van der Waals surface area contributed by atoms with E-state index in [1.165, 1.54) is 0 Å². The first-order valence-electron chi connectivity index (χ1n) is 23.6. The number of para-hydroxylation sites is 2. The smallest absolute Gasteiger partial charge is 0.195 e. The molecule has 12 rings (SSSR count). The molecule has 0 spiro atoms. The van der Waals surface area contributed by atoms with Crippen LogP contribution in [0.15, 0.2) is 206 Å². The zero-order chi connectivity index (χ0) is 50.5. The van der Waals surface area contributed by atoms with Gasteiger partial charge in [0.2, 0.25) is 0 Å². The van der Waals surface area contributed by atoms with E-state index in [1.54, 1.807) is 0 Å². The van der Waals surface area contributed by atoms with Gasteiger partial charge in [0.05, 0.1) is 76.7 Å². The molecular weight excluding hydrogens is 905 g/mol. The molecule has 0 saturated heterocycles. The molecule has 0 aliphatic heterocycles. The maximum atomic E-state index is 10.8. The SMILES string of the molecule is [C-]#[N+]c1ccccc1-c1ccc2c(c1)c1cc(-c3ccccc3C#N)ccc1n2-c1ccc(C#N)c(-c2cc(-n3c4ccc(-c5ccccc5C#N)cc4c4cc(-c5ccccc5[N+]#[C-])ccc43)ccc2[N+]#[C-])c1. The van der Waals surface area contributed by atoms with Gasteiger partial charge < -0.3 is 9.13 Å². The maximum Gasteiger partial charge on any atom is 0.195 e. The summed E-state index contributed by atoms with van der Waals surface area (Å²) in [5.74, 6) is 0. The Morgan fingerprint density at radius 3 is 1.03 bits per heavy atom. The molecule has 0 radical (unpaired) electrons. The molecule has 2 heterocycles. The van der Waals surface area contributed by atoms with Gasteiger partial charge in [-0.1, -0.05) is 115 Å². The van der Waals surface area contributed by atoms with Crippen molar-refractivity contribution in [1.29, 1.82) is 15.8 Å².